The Morgan fingerprint density at radius 2 is 1.85 bits per heavy atom. The Bertz CT molecular complexity index is 300. The standard InChI is InChI=1S/C9H20O9S2/c10-1-7(18-20(15,16)17)5(12)3-19-4-6(13)9(14)8(19)2-11/h5-14H,1-4H2,(H2-,15,16,17)/p-2/t5-,6+,7+,8+,9-,19?/m0/s1. The van der Waals surface area contributed by atoms with E-state index in [-0.39, 0.29) is 11.5 Å². The summed E-state index contributed by atoms with van der Waals surface area (Å²) >= 11 is -5.07. The Kier molecular flexibility index (Phi) is 6.95. The highest BCUT2D eigenvalue weighted by molar-refractivity contribution is 8.14. The molecule has 0 amide bonds. The van der Waals surface area contributed by atoms with Crippen molar-refractivity contribution in [3.63, 3.8) is 0 Å². The summed E-state index contributed by atoms with van der Waals surface area (Å²) in [6.07, 6.45) is -5.26. The minimum absolute atomic E-state index is 0.111. The summed E-state index contributed by atoms with van der Waals surface area (Å²) in [7, 11) is -0.794. The molecule has 9 nitrogen and oxygen atoms in total. The quantitative estimate of drug-likeness (QED) is 0.296. The van der Waals surface area contributed by atoms with Gasteiger partial charge in [-0.05, 0) is 0 Å². The van der Waals surface area contributed by atoms with Gasteiger partial charge in [0.1, 0.15) is 35.9 Å². The van der Waals surface area contributed by atoms with E-state index in [1.807, 2.05) is 0 Å². The number of hydrogen-bond donors (Lipinski definition) is 5. The van der Waals surface area contributed by atoms with E-state index < -0.39 is 64.9 Å². The van der Waals surface area contributed by atoms with Crippen molar-refractivity contribution >= 4 is 22.0 Å². The lowest BCUT2D eigenvalue weighted by Crippen LogP contribution is -2.42. The fourth-order valence-corrected chi connectivity index (χ4v) is 5.18. The summed E-state index contributed by atoms with van der Waals surface area (Å²) in [5.41, 5.74) is 0. The van der Waals surface area contributed by atoms with Crippen molar-refractivity contribution in [3.8, 4) is 0 Å². The monoisotopic (exact) mass is 334 g/mol. The van der Waals surface area contributed by atoms with Crippen LogP contribution in [-0.2, 0) is 15.1 Å². The second-order valence-corrected chi connectivity index (χ2v) is 7.80. The van der Waals surface area contributed by atoms with Crippen LogP contribution >= 0.6 is 11.2 Å². The molecule has 1 saturated heterocycles. The number of rotatable bonds is 7. The van der Waals surface area contributed by atoms with Gasteiger partial charge in [-0.2, -0.15) is 0 Å². The van der Waals surface area contributed by atoms with Crippen molar-refractivity contribution in [1.29, 1.82) is 0 Å². The van der Waals surface area contributed by atoms with E-state index >= 15 is 0 Å². The molecule has 0 aromatic rings. The van der Waals surface area contributed by atoms with Gasteiger partial charge in [-0.3, -0.25) is 0 Å². The van der Waals surface area contributed by atoms with Crippen LogP contribution in [0.5, 0.6) is 0 Å². The summed E-state index contributed by atoms with van der Waals surface area (Å²) in [6.45, 7) is -1.28. The van der Waals surface area contributed by atoms with E-state index in [0.717, 1.165) is 0 Å². The molecule has 1 fully saturated rings. The molecule has 0 bridgehead atoms. The maximum absolute atomic E-state index is 10.4. The Morgan fingerprint density at radius 1 is 1.25 bits per heavy atom. The molecule has 5 N–H and O–H groups in total. The molecule has 1 unspecified atom stereocenters. The molecule has 0 aliphatic carbocycles. The SMILES string of the molecule is [O-]S([O-])([O-])O[C@H](CO)[C@@H](O)C[S+]1C[C@@H](O)[C@H](O)[C@H]1CO. The maximum atomic E-state index is 10.4. The minimum atomic E-state index is -5.07. The number of aliphatic hydroxyl groups excluding tert-OH is 5. The van der Waals surface area contributed by atoms with E-state index in [1.54, 1.807) is 0 Å². The normalized spacial score (nSPS) is 35.0. The van der Waals surface area contributed by atoms with Crippen LogP contribution in [0.25, 0.3) is 0 Å². The zero-order chi connectivity index (χ0) is 15.5. The van der Waals surface area contributed by atoms with Crippen molar-refractivity contribution in [3.05, 3.63) is 0 Å². The molecule has 0 saturated carbocycles. The Morgan fingerprint density at radius 3 is 2.30 bits per heavy atom. The van der Waals surface area contributed by atoms with Crippen LogP contribution in [0, 0.1) is 0 Å². The van der Waals surface area contributed by atoms with Gasteiger partial charge in [-0.15, -0.1) is 0 Å². The van der Waals surface area contributed by atoms with E-state index in [9.17, 15) is 29.0 Å². The van der Waals surface area contributed by atoms with Crippen LogP contribution in [0.4, 0.5) is 0 Å². The summed E-state index contributed by atoms with van der Waals surface area (Å²) in [5.74, 6) is 0.0197. The summed E-state index contributed by atoms with van der Waals surface area (Å²) < 4.78 is 35.4. The minimum Gasteiger partial charge on any atom is -0.815 e. The van der Waals surface area contributed by atoms with Crippen LogP contribution in [0.15, 0.2) is 0 Å². The zero-order valence-corrected chi connectivity index (χ0v) is 12.0. The van der Waals surface area contributed by atoms with Gasteiger partial charge in [0.05, 0.1) is 13.2 Å². The van der Waals surface area contributed by atoms with Crippen LogP contribution in [0.2, 0.25) is 0 Å². The van der Waals surface area contributed by atoms with Crippen molar-refractivity contribution in [2.24, 2.45) is 0 Å². The average Bonchev–Trinajstić information content (AvgIpc) is 2.60. The van der Waals surface area contributed by atoms with Crippen LogP contribution < -0.4 is 0 Å². The fourth-order valence-electron chi connectivity index (χ4n) is 1.99. The highest BCUT2D eigenvalue weighted by atomic mass is 32.3. The van der Waals surface area contributed by atoms with Gasteiger partial charge in [-0.25, -0.2) is 0 Å². The maximum Gasteiger partial charge on any atom is 0.169 e. The van der Waals surface area contributed by atoms with E-state index in [1.165, 1.54) is 0 Å². The summed E-state index contributed by atoms with van der Waals surface area (Å²) in [4.78, 5) is 0. The van der Waals surface area contributed by atoms with Gasteiger partial charge in [0.25, 0.3) is 0 Å². The summed E-state index contributed by atoms with van der Waals surface area (Å²) in [6, 6.07) is 0. The molecule has 0 aromatic carbocycles. The first-order valence-electron chi connectivity index (χ1n) is 5.76. The van der Waals surface area contributed by atoms with E-state index in [0.29, 0.717) is 0 Å². The topological polar surface area (TPSA) is 180 Å². The average molecular weight is 334 g/mol. The molecule has 20 heavy (non-hydrogen) atoms. The highest BCUT2D eigenvalue weighted by Gasteiger charge is 2.50. The third-order valence-electron chi connectivity index (χ3n) is 3.00. The predicted octanol–water partition coefficient (Wildman–Crippen LogP) is -3.45. The van der Waals surface area contributed by atoms with Gasteiger partial charge < -0.3 is 54.5 Å². The fraction of sp³-hybridized carbons (Fsp3) is 1.00. The molecule has 0 aromatic heterocycles. The van der Waals surface area contributed by atoms with E-state index in [4.69, 9.17) is 10.2 Å². The van der Waals surface area contributed by atoms with Crippen molar-refractivity contribution in [1.82, 2.24) is 0 Å². The third-order valence-corrected chi connectivity index (χ3v) is 6.31. The Hall–Kier alpha value is 0.340. The van der Waals surface area contributed by atoms with Crippen molar-refractivity contribution in [2.45, 2.75) is 29.7 Å². The van der Waals surface area contributed by atoms with Crippen LogP contribution in [-0.4, -0.2) is 93.6 Å². The molecule has 1 heterocycles. The molecule has 1 aliphatic heterocycles. The lowest BCUT2D eigenvalue weighted by molar-refractivity contribution is -0.00352. The molecule has 0 radical (unpaired) electrons. The predicted molar refractivity (Wildman–Crippen MR) is 67.9 cm³/mol. The number of hydrogen-bond acceptors (Lipinski definition) is 9. The lowest BCUT2D eigenvalue weighted by atomic mass is 10.2. The van der Waals surface area contributed by atoms with Crippen LogP contribution in [0.1, 0.15) is 0 Å². The highest BCUT2D eigenvalue weighted by Crippen LogP contribution is 2.36. The second-order valence-electron chi connectivity index (χ2n) is 4.44. The zero-order valence-electron chi connectivity index (χ0n) is 10.4. The van der Waals surface area contributed by atoms with Gasteiger partial charge >= 0.3 is 0 Å². The van der Waals surface area contributed by atoms with Crippen molar-refractivity contribution < 1.29 is 43.4 Å². The number of aliphatic hydroxyl groups is 5. The molecule has 1 aliphatic rings. The summed E-state index contributed by atoms with van der Waals surface area (Å²) in [5, 5.41) is 46.3. The molecule has 11 heteroatoms. The van der Waals surface area contributed by atoms with Gasteiger partial charge in [0, 0.05) is 10.9 Å². The lowest BCUT2D eigenvalue weighted by Gasteiger charge is -2.63. The third kappa shape index (κ3) is 4.96. The van der Waals surface area contributed by atoms with Crippen LogP contribution in [0.3, 0.4) is 0 Å². The molecular weight excluding hydrogens is 316 g/mol. The first-order chi connectivity index (χ1) is 9.19. The van der Waals surface area contributed by atoms with E-state index in [2.05, 4.69) is 4.18 Å². The Balaban J connectivity index is 2.62. The first kappa shape index (κ1) is 18.4. The molecule has 122 valence electrons. The van der Waals surface area contributed by atoms with Gasteiger partial charge in [0.2, 0.25) is 0 Å². The molecule has 1 rings (SSSR count). The van der Waals surface area contributed by atoms with Crippen molar-refractivity contribution in [2.75, 3.05) is 24.7 Å². The smallest absolute Gasteiger partial charge is 0.169 e. The molecular formula is C9H18O9S2-2. The van der Waals surface area contributed by atoms with Gasteiger partial charge in [-0.1, -0.05) is 0 Å². The first-order valence-corrected chi connectivity index (χ1v) is 8.71. The second kappa shape index (κ2) is 7.56. The largest absolute Gasteiger partial charge is 0.815 e. The Labute approximate surface area is 120 Å². The molecule has 6 atom stereocenters. The molecule has 0 spiro atoms. The van der Waals surface area contributed by atoms with Gasteiger partial charge in [0.15, 0.2) is 5.25 Å².